The van der Waals surface area contributed by atoms with Gasteiger partial charge in [0.2, 0.25) is 5.91 Å². The molecule has 0 unspecified atom stereocenters. The Morgan fingerprint density at radius 2 is 1.89 bits per heavy atom. The van der Waals surface area contributed by atoms with E-state index in [9.17, 15) is 19.5 Å². The molecule has 148 valence electrons. The average Bonchev–Trinajstić information content (AvgIpc) is 2.62. The first-order valence-electron chi connectivity index (χ1n) is 8.71. The summed E-state index contributed by atoms with van der Waals surface area (Å²) < 4.78 is 10.0. The molecule has 2 atom stereocenters. The summed E-state index contributed by atoms with van der Waals surface area (Å²) in [6.07, 6.45) is -0.337. The number of ether oxygens (including phenoxy) is 2. The second-order valence-electron chi connectivity index (χ2n) is 7.36. The quantitative estimate of drug-likeness (QED) is 0.758. The number of benzene rings is 1. The highest BCUT2D eigenvalue weighted by Crippen LogP contribution is 2.25. The number of methoxy groups -OCH3 is 1. The zero-order valence-electron chi connectivity index (χ0n) is 16.0. The van der Waals surface area contributed by atoms with Gasteiger partial charge in [-0.2, -0.15) is 0 Å². The fourth-order valence-electron chi connectivity index (χ4n) is 2.86. The third-order valence-corrected chi connectivity index (χ3v) is 4.16. The molecule has 1 aromatic carbocycles. The minimum atomic E-state index is -1.19. The van der Waals surface area contributed by atoms with Crippen molar-refractivity contribution in [1.82, 2.24) is 10.2 Å². The third-order valence-electron chi connectivity index (χ3n) is 4.16. The molecule has 1 aliphatic rings. The lowest BCUT2D eigenvalue weighted by Crippen LogP contribution is -2.57. The molecule has 0 bridgehead atoms. The Bertz CT molecular complexity index is 712. The summed E-state index contributed by atoms with van der Waals surface area (Å²) in [7, 11) is 1.17. The Morgan fingerprint density at radius 1 is 1.26 bits per heavy atom. The standard InChI is InChI=1S/C19H26N2O6/c1-19(2,3)27-18(25)21-10-13-8-6-5-7-12(13)9-15(21)16(23)20-14(11-22)17(24)26-4/h5-8,14-15,22H,9-11H2,1-4H3,(H,20,23)/t14-,15-/m0/s1. The SMILES string of the molecule is COC(=O)[C@H](CO)NC(=O)[C@@H]1Cc2ccccc2CN1C(=O)OC(C)(C)C. The molecule has 1 aliphatic heterocycles. The van der Waals surface area contributed by atoms with Crippen molar-refractivity contribution in [1.29, 1.82) is 0 Å². The molecule has 8 nitrogen and oxygen atoms in total. The van der Waals surface area contributed by atoms with Crippen LogP contribution in [0.1, 0.15) is 31.9 Å². The molecule has 0 radical (unpaired) electrons. The van der Waals surface area contributed by atoms with Crippen LogP contribution in [-0.4, -0.2) is 59.4 Å². The van der Waals surface area contributed by atoms with E-state index in [1.54, 1.807) is 20.8 Å². The lowest BCUT2D eigenvalue weighted by atomic mass is 9.93. The van der Waals surface area contributed by atoms with Gasteiger partial charge in [-0.1, -0.05) is 24.3 Å². The Hall–Kier alpha value is -2.61. The van der Waals surface area contributed by atoms with E-state index in [-0.39, 0.29) is 13.0 Å². The Morgan fingerprint density at radius 3 is 2.44 bits per heavy atom. The zero-order chi connectivity index (χ0) is 20.2. The van der Waals surface area contributed by atoms with Gasteiger partial charge in [0.25, 0.3) is 0 Å². The fraction of sp³-hybridized carbons (Fsp3) is 0.526. The van der Waals surface area contributed by atoms with E-state index in [1.165, 1.54) is 12.0 Å². The fourth-order valence-corrected chi connectivity index (χ4v) is 2.86. The smallest absolute Gasteiger partial charge is 0.411 e. The van der Waals surface area contributed by atoms with Crippen molar-refractivity contribution >= 4 is 18.0 Å². The predicted molar refractivity (Wildman–Crippen MR) is 96.7 cm³/mol. The van der Waals surface area contributed by atoms with Gasteiger partial charge in [0.05, 0.1) is 20.3 Å². The number of hydrogen-bond acceptors (Lipinski definition) is 6. The molecule has 0 saturated carbocycles. The number of fused-ring (bicyclic) bond motifs is 1. The number of hydrogen-bond donors (Lipinski definition) is 2. The van der Waals surface area contributed by atoms with Crippen LogP contribution < -0.4 is 5.32 Å². The van der Waals surface area contributed by atoms with Crippen LogP contribution in [0.3, 0.4) is 0 Å². The topological polar surface area (TPSA) is 105 Å². The van der Waals surface area contributed by atoms with Gasteiger partial charge in [-0.15, -0.1) is 0 Å². The summed E-state index contributed by atoms with van der Waals surface area (Å²) in [6, 6.07) is 5.46. The van der Waals surface area contributed by atoms with Crippen LogP contribution in [0.5, 0.6) is 0 Å². The van der Waals surface area contributed by atoms with E-state index in [2.05, 4.69) is 10.1 Å². The predicted octanol–water partition coefficient (Wildman–Crippen LogP) is 0.998. The minimum Gasteiger partial charge on any atom is -0.467 e. The molecule has 2 N–H and O–H groups in total. The number of nitrogens with zero attached hydrogens (tertiary/aromatic N) is 1. The van der Waals surface area contributed by atoms with Gasteiger partial charge in [0.1, 0.15) is 11.6 Å². The van der Waals surface area contributed by atoms with E-state index in [4.69, 9.17) is 4.74 Å². The van der Waals surface area contributed by atoms with Crippen molar-refractivity contribution in [2.75, 3.05) is 13.7 Å². The maximum atomic E-state index is 12.8. The molecule has 8 heteroatoms. The van der Waals surface area contributed by atoms with E-state index >= 15 is 0 Å². The van der Waals surface area contributed by atoms with E-state index < -0.39 is 42.3 Å². The van der Waals surface area contributed by atoms with E-state index in [1.807, 2.05) is 24.3 Å². The number of amides is 2. The monoisotopic (exact) mass is 378 g/mol. The molecule has 1 aromatic rings. The second kappa shape index (κ2) is 8.39. The van der Waals surface area contributed by atoms with Crippen LogP contribution in [-0.2, 0) is 32.0 Å². The number of carbonyl (C=O) groups is 3. The molecule has 0 spiro atoms. The van der Waals surface area contributed by atoms with Crippen molar-refractivity contribution in [3.63, 3.8) is 0 Å². The molecule has 2 amide bonds. The molecule has 0 aliphatic carbocycles. The second-order valence-corrected chi connectivity index (χ2v) is 7.36. The molecule has 27 heavy (non-hydrogen) atoms. The number of aliphatic hydroxyl groups is 1. The number of carbonyl (C=O) groups excluding carboxylic acids is 3. The molecule has 2 rings (SSSR count). The molecule has 1 heterocycles. The highest BCUT2D eigenvalue weighted by atomic mass is 16.6. The summed E-state index contributed by atoms with van der Waals surface area (Å²) in [5, 5.41) is 11.8. The van der Waals surface area contributed by atoms with Crippen LogP contribution in [0.4, 0.5) is 4.79 Å². The maximum Gasteiger partial charge on any atom is 0.411 e. The summed E-state index contributed by atoms with van der Waals surface area (Å²) in [6.45, 7) is 4.85. The first-order chi connectivity index (χ1) is 12.7. The third kappa shape index (κ3) is 5.19. The maximum absolute atomic E-state index is 12.8. The van der Waals surface area contributed by atoms with Crippen LogP contribution in [0.15, 0.2) is 24.3 Å². The molecule has 0 saturated heterocycles. The minimum absolute atomic E-state index is 0.213. The van der Waals surface area contributed by atoms with Crippen molar-refractivity contribution in [3.8, 4) is 0 Å². The van der Waals surface area contributed by atoms with Crippen LogP contribution in [0.25, 0.3) is 0 Å². The van der Waals surface area contributed by atoms with Gasteiger partial charge in [-0.05, 0) is 31.9 Å². The van der Waals surface area contributed by atoms with Crippen LogP contribution >= 0.6 is 0 Å². The first-order valence-corrected chi connectivity index (χ1v) is 8.71. The lowest BCUT2D eigenvalue weighted by molar-refractivity contribution is -0.147. The van der Waals surface area contributed by atoms with Gasteiger partial charge >= 0.3 is 12.1 Å². The van der Waals surface area contributed by atoms with Crippen molar-refractivity contribution in [2.24, 2.45) is 0 Å². The normalized spacial score (nSPS) is 17.5. The van der Waals surface area contributed by atoms with Crippen molar-refractivity contribution in [3.05, 3.63) is 35.4 Å². The Balaban J connectivity index is 2.27. The molecule has 0 aromatic heterocycles. The first kappa shape index (κ1) is 20.7. The van der Waals surface area contributed by atoms with Gasteiger partial charge < -0.3 is 19.9 Å². The molecular formula is C19H26N2O6. The highest BCUT2D eigenvalue weighted by Gasteiger charge is 2.38. The van der Waals surface area contributed by atoms with Gasteiger partial charge in [0.15, 0.2) is 6.04 Å². The van der Waals surface area contributed by atoms with Crippen molar-refractivity contribution < 1.29 is 29.0 Å². The number of esters is 1. The van der Waals surface area contributed by atoms with Crippen LogP contribution in [0, 0.1) is 0 Å². The average molecular weight is 378 g/mol. The summed E-state index contributed by atoms with van der Waals surface area (Å²) in [5.41, 5.74) is 1.16. The van der Waals surface area contributed by atoms with E-state index in [0.29, 0.717) is 0 Å². The van der Waals surface area contributed by atoms with Crippen LogP contribution in [0.2, 0.25) is 0 Å². The summed E-state index contributed by atoms with van der Waals surface area (Å²) >= 11 is 0. The van der Waals surface area contributed by atoms with Gasteiger partial charge in [-0.25, -0.2) is 9.59 Å². The summed E-state index contributed by atoms with van der Waals surface area (Å²) in [5.74, 6) is -1.31. The van der Waals surface area contributed by atoms with Crippen molar-refractivity contribution in [2.45, 2.75) is 51.4 Å². The molecular weight excluding hydrogens is 352 g/mol. The number of nitrogens with one attached hydrogen (secondary N) is 1. The lowest BCUT2D eigenvalue weighted by Gasteiger charge is -2.37. The summed E-state index contributed by atoms with van der Waals surface area (Å²) in [4.78, 5) is 38.5. The Labute approximate surface area is 158 Å². The van der Waals surface area contributed by atoms with E-state index in [0.717, 1.165) is 11.1 Å². The zero-order valence-corrected chi connectivity index (χ0v) is 16.0. The largest absolute Gasteiger partial charge is 0.467 e. The molecule has 0 fully saturated rings. The number of aliphatic hydroxyl groups excluding tert-OH is 1. The Kier molecular flexibility index (Phi) is 6.43. The number of rotatable bonds is 4. The van der Waals surface area contributed by atoms with Gasteiger partial charge in [-0.3, -0.25) is 9.69 Å². The van der Waals surface area contributed by atoms with Gasteiger partial charge in [0, 0.05) is 6.42 Å². The highest BCUT2D eigenvalue weighted by molar-refractivity contribution is 5.90.